The minimum atomic E-state index is -0.0537. The molecule has 0 saturated carbocycles. The van der Waals surface area contributed by atoms with Crippen LogP contribution in [0.3, 0.4) is 0 Å². The molecule has 1 unspecified atom stereocenters. The van der Waals surface area contributed by atoms with Gasteiger partial charge < -0.3 is 24.4 Å². The van der Waals surface area contributed by atoms with Crippen LogP contribution in [0.1, 0.15) is 19.4 Å². The van der Waals surface area contributed by atoms with Crippen molar-refractivity contribution >= 4 is 11.6 Å². The predicted octanol–water partition coefficient (Wildman–Crippen LogP) is 2.15. The van der Waals surface area contributed by atoms with Crippen LogP contribution in [0.2, 0.25) is 0 Å². The van der Waals surface area contributed by atoms with Crippen LogP contribution in [0.25, 0.3) is 0 Å². The molecule has 6 nitrogen and oxygen atoms in total. The van der Waals surface area contributed by atoms with Gasteiger partial charge in [0.15, 0.2) is 18.0 Å². The van der Waals surface area contributed by atoms with Gasteiger partial charge in [-0.3, -0.25) is 4.79 Å². The lowest BCUT2D eigenvalue weighted by atomic mass is 10.2. The van der Waals surface area contributed by atoms with Crippen LogP contribution >= 0.6 is 0 Å². The first-order valence-electron chi connectivity index (χ1n) is 9.19. The van der Waals surface area contributed by atoms with Gasteiger partial charge in [-0.15, -0.1) is 0 Å². The standard InChI is InChI=1S/C21H28N2O4/c1-5-26-19-11-10-17(13-20(19)27-6-2)22-21(24)15-23(3)14-16-8-7-9-18(12-16)25-4/h7-13H,5-6,14-15H2,1-4H3,(H,22,24)/p+1. The zero-order valence-electron chi connectivity index (χ0n) is 16.5. The van der Waals surface area contributed by atoms with Crippen LogP contribution in [0.4, 0.5) is 5.69 Å². The normalized spacial score (nSPS) is 11.6. The van der Waals surface area contributed by atoms with Crippen LogP contribution in [0.5, 0.6) is 17.2 Å². The smallest absolute Gasteiger partial charge is 0.279 e. The number of amides is 1. The van der Waals surface area contributed by atoms with Crippen molar-refractivity contribution in [2.75, 3.05) is 39.2 Å². The van der Waals surface area contributed by atoms with E-state index < -0.39 is 0 Å². The van der Waals surface area contributed by atoms with Crippen molar-refractivity contribution in [3.63, 3.8) is 0 Å². The van der Waals surface area contributed by atoms with Gasteiger partial charge in [0.2, 0.25) is 0 Å². The summed E-state index contributed by atoms with van der Waals surface area (Å²) in [6, 6.07) is 13.3. The Balaban J connectivity index is 1.94. The number of hydrogen-bond donors (Lipinski definition) is 2. The van der Waals surface area contributed by atoms with Crippen molar-refractivity contribution in [3.05, 3.63) is 48.0 Å². The van der Waals surface area contributed by atoms with E-state index in [9.17, 15) is 4.79 Å². The second-order valence-electron chi connectivity index (χ2n) is 6.24. The molecule has 2 aromatic rings. The molecular weight excluding hydrogens is 344 g/mol. The molecule has 2 N–H and O–H groups in total. The third-order valence-electron chi connectivity index (χ3n) is 3.93. The molecule has 6 heteroatoms. The van der Waals surface area contributed by atoms with E-state index in [1.807, 2.05) is 57.3 Å². The highest BCUT2D eigenvalue weighted by Gasteiger charge is 2.13. The Hall–Kier alpha value is -2.73. The first-order valence-corrected chi connectivity index (χ1v) is 9.19. The lowest BCUT2D eigenvalue weighted by molar-refractivity contribution is -0.885. The van der Waals surface area contributed by atoms with E-state index in [0.29, 0.717) is 36.9 Å². The average molecular weight is 373 g/mol. The van der Waals surface area contributed by atoms with E-state index in [2.05, 4.69) is 5.32 Å². The number of benzene rings is 2. The number of rotatable bonds is 10. The van der Waals surface area contributed by atoms with Crippen LogP contribution < -0.4 is 24.4 Å². The summed E-state index contributed by atoms with van der Waals surface area (Å²) in [5.74, 6) is 2.08. The number of carbonyl (C=O) groups is 1. The second-order valence-corrected chi connectivity index (χ2v) is 6.24. The number of carbonyl (C=O) groups excluding carboxylic acids is 1. The highest BCUT2D eigenvalue weighted by molar-refractivity contribution is 5.91. The monoisotopic (exact) mass is 373 g/mol. The number of likely N-dealkylation sites (N-methyl/N-ethyl adjacent to an activating group) is 1. The molecule has 0 radical (unpaired) electrons. The van der Waals surface area contributed by atoms with Crippen molar-refractivity contribution in [2.45, 2.75) is 20.4 Å². The lowest BCUT2D eigenvalue weighted by Crippen LogP contribution is -3.08. The Morgan fingerprint density at radius 3 is 2.48 bits per heavy atom. The predicted molar refractivity (Wildman–Crippen MR) is 106 cm³/mol. The van der Waals surface area contributed by atoms with Gasteiger partial charge in [-0.05, 0) is 38.1 Å². The fraction of sp³-hybridized carbons (Fsp3) is 0.381. The molecular formula is C21H29N2O4+. The molecule has 27 heavy (non-hydrogen) atoms. The molecule has 0 aromatic heterocycles. The van der Waals surface area contributed by atoms with Crippen molar-refractivity contribution in [3.8, 4) is 17.2 Å². The molecule has 0 bridgehead atoms. The van der Waals surface area contributed by atoms with Crippen LogP contribution in [0, 0.1) is 0 Å². The van der Waals surface area contributed by atoms with Crippen LogP contribution in [-0.4, -0.2) is 39.8 Å². The minimum Gasteiger partial charge on any atom is -0.497 e. The highest BCUT2D eigenvalue weighted by atomic mass is 16.5. The van der Waals surface area contributed by atoms with Gasteiger partial charge in [-0.25, -0.2) is 0 Å². The number of nitrogens with one attached hydrogen (secondary N) is 2. The van der Waals surface area contributed by atoms with Gasteiger partial charge in [0.25, 0.3) is 5.91 Å². The number of hydrogen-bond acceptors (Lipinski definition) is 4. The summed E-state index contributed by atoms with van der Waals surface area (Å²) in [6.07, 6.45) is 0. The molecule has 1 amide bonds. The fourth-order valence-corrected chi connectivity index (χ4v) is 2.80. The fourth-order valence-electron chi connectivity index (χ4n) is 2.80. The van der Waals surface area contributed by atoms with E-state index in [1.165, 1.54) is 0 Å². The maximum atomic E-state index is 12.4. The second kappa shape index (κ2) is 10.4. The SMILES string of the molecule is CCOc1ccc(NC(=O)C[NH+](C)Cc2cccc(OC)c2)cc1OCC. The van der Waals surface area contributed by atoms with Gasteiger partial charge in [0.05, 0.1) is 27.4 Å². The van der Waals surface area contributed by atoms with E-state index >= 15 is 0 Å². The molecule has 0 fully saturated rings. The molecule has 2 rings (SSSR count). The maximum absolute atomic E-state index is 12.4. The zero-order chi connectivity index (χ0) is 19.6. The molecule has 1 atom stereocenters. The topological polar surface area (TPSA) is 61.2 Å². The third-order valence-corrected chi connectivity index (χ3v) is 3.93. The van der Waals surface area contributed by atoms with Crippen LogP contribution in [-0.2, 0) is 11.3 Å². The van der Waals surface area contributed by atoms with Crippen molar-refractivity contribution < 1.29 is 23.9 Å². The van der Waals surface area contributed by atoms with E-state index in [4.69, 9.17) is 14.2 Å². The molecule has 0 aliphatic heterocycles. The average Bonchev–Trinajstić information content (AvgIpc) is 2.64. The third kappa shape index (κ3) is 6.49. The van der Waals surface area contributed by atoms with Gasteiger partial charge in [0.1, 0.15) is 12.3 Å². The number of anilines is 1. The summed E-state index contributed by atoms with van der Waals surface area (Å²) in [6.45, 7) is 6.02. The Kier molecular flexibility index (Phi) is 7.95. The highest BCUT2D eigenvalue weighted by Crippen LogP contribution is 2.30. The summed E-state index contributed by atoms with van der Waals surface area (Å²) in [5, 5.41) is 2.93. The summed E-state index contributed by atoms with van der Waals surface area (Å²) < 4.78 is 16.4. The Morgan fingerprint density at radius 1 is 1.04 bits per heavy atom. The summed E-state index contributed by atoms with van der Waals surface area (Å²) >= 11 is 0. The molecule has 146 valence electrons. The molecule has 0 aliphatic carbocycles. The molecule has 0 heterocycles. The number of ether oxygens (including phenoxy) is 3. The Labute approximate surface area is 161 Å². The lowest BCUT2D eigenvalue weighted by Gasteiger charge is -2.15. The first kappa shape index (κ1) is 20.6. The number of quaternary nitrogens is 1. The Morgan fingerprint density at radius 2 is 1.78 bits per heavy atom. The molecule has 2 aromatic carbocycles. The van der Waals surface area contributed by atoms with Gasteiger partial charge in [-0.1, -0.05) is 12.1 Å². The van der Waals surface area contributed by atoms with E-state index in [-0.39, 0.29) is 5.91 Å². The van der Waals surface area contributed by atoms with E-state index in [1.54, 1.807) is 13.2 Å². The largest absolute Gasteiger partial charge is 0.497 e. The van der Waals surface area contributed by atoms with Gasteiger partial charge in [0, 0.05) is 17.3 Å². The summed E-state index contributed by atoms with van der Waals surface area (Å²) in [4.78, 5) is 13.5. The summed E-state index contributed by atoms with van der Waals surface area (Å²) in [5.41, 5.74) is 1.82. The van der Waals surface area contributed by atoms with E-state index in [0.717, 1.165) is 22.8 Å². The quantitative estimate of drug-likeness (QED) is 0.670. The van der Waals surface area contributed by atoms with Crippen molar-refractivity contribution in [1.82, 2.24) is 0 Å². The van der Waals surface area contributed by atoms with Gasteiger partial charge >= 0.3 is 0 Å². The Bertz CT molecular complexity index is 749. The van der Waals surface area contributed by atoms with Crippen molar-refractivity contribution in [1.29, 1.82) is 0 Å². The summed E-state index contributed by atoms with van der Waals surface area (Å²) in [7, 11) is 3.64. The molecule has 0 aliphatic rings. The van der Waals surface area contributed by atoms with Crippen LogP contribution in [0.15, 0.2) is 42.5 Å². The maximum Gasteiger partial charge on any atom is 0.279 e. The number of methoxy groups -OCH3 is 1. The first-order chi connectivity index (χ1) is 13.0. The minimum absolute atomic E-state index is 0.0537. The molecule has 0 saturated heterocycles. The zero-order valence-corrected chi connectivity index (χ0v) is 16.5. The molecule has 0 spiro atoms. The van der Waals surface area contributed by atoms with Crippen molar-refractivity contribution in [2.24, 2.45) is 0 Å². The van der Waals surface area contributed by atoms with Gasteiger partial charge in [-0.2, -0.15) is 0 Å².